The third-order valence-corrected chi connectivity index (χ3v) is 3.22. The molecule has 0 aromatic heterocycles. The molecule has 0 atom stereocenters. The van der Waals surface area contributed by atoms with Crippen LogP contribution in [-0.2, 0) is 0 Å². The Kier molecular flexibility index (Phi) is 5.18. The van der Waals surface area contributed by atoms with Gasteiger partial charge in [0, 0.05) is 0 Å². The number of hydrogen-bond donors (Lipinski definition) is 0. The lowest BCUT2D eigenvalue weighted by Gasteiger charge is -2.26. The van der Waals surface area contributed by atoms with Crippen LogP contribution in [0.15, 0.2) is 22.8 Å². The van der Waals surface area contributed by atoms with Gasteiger partial charge in [-0.1, -0.05) is 44.9 Å². The Balaban J connectivity index is 5.13. The van der Waals surface area contributed by atoms with Gasteiger partial charge in [-0.3, -0.25) is 0 Å². The second-order valence-corrected chi connectivity index (χ2v) is 4.96. The van der Waals surface area contributed by atoms with E-state index in [9.17, 15) is 0 Å². The Morgan fingerprint density at radius 3 is 1.86 bits per heavy atom. The topological polar surface area (TPSA) is 0 Å². The fourth-order valence-electron chi connectivity index (χ4n) is 1.52. The van der Waals surface area contributed by atoms with Gasteiger partial charge < -0.3 is 0 Å². The lowest BCUT2D eigenvalue weighted by molar-refractivity contribution is 0.425. The quantitative estimate of drug-likeness (QED) is 0.545. The van der Waals surface area contributed by atoms with Gasteiger partial charge in [0.25, 0.3) is 0 Å². The zero-order valence-corrected chi connectivity index (χ0v) is 11.0. The van der Waals surface area contributed by atoms with E-state index >= 15 is 0 Å². The molecule has 0 heteroatoms. The highest BCUT2D eigenvalue weighted by molar-refractivity contribution is 5.29. The third-order valence-electron chi connectivity index (χ3n) is 3.22. The van der Waals surface area contributed by atoms with Crippen LogP contribution in [0.1, 0.15) is 61.3 Å². The maximum atomic E-state index is 2.33. The summed E-state index contributed by atoms with van der Waals surface area (Å²) in [5, 5.41) is 0. The first kappa shape index (κ1) is 13.5. The maximum absolute atomic E-state index is 2.33. The van der Waals surface area contributed by atoms with Crippen LogP contribution in [0.3, 0.4) is 0 Å². The van der Waals surface area contributed by atoms with Crippen molar-refractivity contribution in [2.24, 2.45) is 5.41 Å². The molecular weight excluding hydrogens is 168 g/mol. The molecule has 82 valence electrons. The van der Waals surface area contributed by atoms with Crippen LogP contribution in [0.5, 0.6) is 0 Å². The molecule has 0 N–H and O–H groups in total. The zero-order chi connectivity index (χ0) is 11.4. The van der Waals surface area contributed by atoms with Gasteiger partial charge in [-0.25, -0.2) is 0 Å². The zero-order valence-electron chi connectivity index (χ0n) is 11.0. The average Bonchev–Trinajstić information content (AvgIpc) is 2.12. The average molecular weight is 194 g/mol. The molecule has 0 saturated carbocycles. The van der Waals surface area contributed by atoms with Crippen LogP contribution in [0.4, 0.5) is 0 Å². The van der Waals surface area contributed by atoms with Gasteiger partial charge >= 0.3 is 0 Å². The molecule has 0 nitrogen and oxygen atoms in total. The highest BCUT2D eigenvalue weighted by Crippen LogP contribution is 2.33. The summed E-state index contributed by atoms with van der Waals surface area (Å²) in [5.41, 5.74) is 4.80. The Bertz CT molecular complexity index is 235. The Morgan fingerprint density at radius 2 is 1.57 bits per heavy atom. The molecule has 0 aliphatic carbocycles. The standard InChI is InChI=1S/C14H26/c1-8-13(10-11(3)4)12(5)14(6,7)9-2/h10H,8-9H2,1-7H3/b13-12+. The molecule has 0 aromatic rings. The minimum Gasteiger partial charge on any atom is -0.0762 e. The van der Waals surface area contributed by atoms with Crippen molar-refractivity contribution in [3.05, 3.63) is 22.8 Å². The van der Waals surface area contributed by atoms with Gasteiger partial charge in [0.15, 0.2) is 0 Å². The summed E-state index contributed by atoms with van der Waals surface area (Å²) in [6.45, 7) is 15.8. The van der Waals surface area contributed by atoms with Crippen molar-refractivity contribution >= 4 is 0 Å². The lowest BCUT2D eigenvalue weighted by Crippen LogP contribution is -2.13. The van der Waals surface area contributed by atoms with Crippen LogP contribution < -0.4 is 0 Å². The molecule has 14 heavy (non-hydrogen) atoms. The van der Waals surface area contributed by atoms with E-state index in [1.165, 1.54) is 17.6 Å². The normalized spacial score (nSPS) is 13.6. The molecule has 0 heterocycles. The molecule has 0 aromatic carbocycles. The van der Waals surface area contributed by atoms with Crippen molar-refractivity contribution in [3.63, 3.8) is 0 Å². The molecule has 0 spiro atoms. The van der Waals surface area contributed by atoms with Gasteiger partial charge in [0.05, 0.1) is 0 Å². The highest BCUT2D eigenvalue weighted by Gasteiger charge is 2.19. The van der Waals surface area contributed by atoms with Gasteiger partial charge in [-0.2, -0.15) is 0 Å². The molecule has 0 fully saturated rings. The lowest BCUT2D eigenvalue weighted by atomic mass is 9.79. The first-order valence-corrected chi connectivity index (χ1v) is 5.70. The summed E-state index contributed by atoms with van der Waals surface area (Å²) >= 11 is 0. The minimum absolute atomic E-state index is 0.345. The van der Waals surface area contributed by atoms with Gasteiger partial charge in [0.1, 0.15) is 0 Å². The van der Waals surface area contributed by atoms with E-state index in [2.05, 4.69) is 54.5 Å². The van der Waals surface area contributed by atoms with Crippen molar-refractivity contribution < 1.29 is 0 Å². The molecule has 0 bridgehead atoms. The van der Waals surface area contributed by atoms with E-state index in [1.54, 1.807) is 5.57 Å². The van der Waals surface area contributed by atoms with Crippen LogP contribution in [0, 0.1) is 5.41 Å². The summed E-state index contributed by atoms with van der Waals surface area (Å²) in [5.74, 6) is 0. The second-order valence-electron chi connectivity index (χ2n) is 4.96. The predicted octanol–water partition coefficient (Wildman–Crippen LogP) is 5.12. The van der Waals surface area contributed by atoms with Gasteiger partial charge in [-0.05, 0) is 44.6 Å². The van der Waals surface area contributed by atoms with E-state index in [4.69, 9.17) is 0 Å². The van der Waals surface area contributed by atoms with Crippen molar-refractivity contribution in [3.8, 4) is 0 Å². The fourth-order valence-corrected chi connectivity index (χ4v) is 1.52. The molecule has 0 radical (unpaired) electrons. The smallest absolute Gasteiger partial charge is 0.0144 e. The molecular formula is C14H26. The van der Waals surface area contributed by atoms with E-state index in [-0.39, 0.29) is 0 Å². The SMILES string of the molecule is CC/C(C=C(C)C)=C(/C)C(C)(C)CC. The van der Waals surface area contributed by atoms with Crippen LogP contribution in [0.25, 0.3) is 0 Å². The van der Waals surface area contributed by atoms with E-state index in [1.807, 2.05) is 0 Å². The van der Waals surface area contributed by atoms with Crippen LogP contribution >= 0.6 is 0 Å². The molecule has 0 saturated heterocycles. The molecule has 0 rings (SSSR count). The first-order valence-electron chi connectivity index (χ1n) is 5.70. The van der Waals surface area contributed by atoms with E-state index in [0.717, 1.165) is 6.42 Å². The monoisotopic (exact) mass is 194 g/mol. The van der Waals surface area contributed by atoms with Crippen molar-refractivity contribution in [2.45, 2.75) is 61.3 Å². The maximum Gasteiger partial charge on any atom is -0.0144 e. The number of allylic oxidation sites excluding steroid dienone is 4. The number of hydrogen-bond acceptors (Lipinski definition) is 0. The second kappa shape index (κ2) is 5.38. The Labute approximate surface area is 90.1 Å². The van der Waals surface area contributed by atoms with Gasteiger partial charge in [-0.15, -0.1) is 0 Å². The fraction of sp³-hybridized carbons (Fsp3) is 0.714. The summed E-state index contributed by atoms with van der Waals surface area (Å²) in [6.07, 6.45) is 4.67. The molecule has 0 aliphatic heterocycles. The minimum atomic E-state index is 0.345. The van der Waals surface area contributed by atoms with Crippen LogP contribution in [0.2, 0.25) is 0 Å². The predicted molar refractivity (Wildman–Crippen MR) is 66.5 cm³/mol. The Hall–Kier alpha value is -0.520. The first-order chi connectivity index (χ1) is 6.35. The van der Waals surface area contributed by atoms with Crippen molar-refractivity contribution in [1.82, 2.24) is 0 Å². The largest absolute Gasteiger partial charge is 0.0762 e. The van der Waals surface area contributed by atoms with Crippen molar-refractivity contribution in [2.75, 3.05) is 0 Å². The summed E-state index contributed by atoms with van der Waals surface area (Å²) in [4.78, 5) is 0. The van der Waals surface area contributed by atoms with Crippen LogP contribution in [-0.4, -0.2) is 0 Å². The summed E-state index contributed by atoms with van der Waals surface area (Å²) in [7, 11) is 0. The molecule has 0 aliphatic rings. The number of rotatable bonds is 4. The summed E-state index contributed by atoms with van der Waals surface area (Å²) < 4.78 is 0. The van der Waals surface area contributed by atoms with E-state index in [0.29, 0.717) is 5.41 Å². The van der Waals surface area contributed by atoms with Gasteiger partial charge in [0.2, 0.25) is 0 Å². The third kappa shape index (κ3) is 3.69. The molecule has 0 unspecified atom stereocenters. The van der Waals surface area contributed by atoms with Crippen molar-refractivity contribution in [1.29, 1.82) is 0 Å². The highest BCUT2D eigenvalue weighted by atomic mass is 14.2. The summed E-state index contributed by atoms with van der Waals surface area (Å²) in [6, 6.07) is 0. The molecule has 0 amide bonds. The Morgan fingerprint density at radius 1 is 1.07 bits per heavy atom. The van der Waals surface area contributed by atoms with E-state index < -0.39 is 0 Å².